The number of halogens is 1. The average molecular weight is 209 g/mol. The molecule has 3 nitrogen and oxygen atoms in total. The Bertz CT molecular complexity index is 370. The van der Waals surface area contributed by atoms with E-state index in [1.165, 1.54) is 0 Å². The van der Waals surface area contributed by atoms with Crippen LogP contribution in [0.15, 0.2) is 36.4 Å². The lowest BCUT2D eigenvalue weighted by Gasteiger charge is -2.16. The summed E-state index contributed by atoms with van der Waals surface area (Å²) in [6, 6.07) is 7.26. The fourth-order valence-corrected chi connectivity index (χ4v) is 1.41. The average Bonchev–Trinajstić information content (AvgIpc) is 2.48. The smallest absolute Gasteiger partial charge is 0.267 e. The highest BCUT2D eigenvalue weighted by molar-refractivity contribution is 6.30. The Morgan fingerprint density at radius 1 is 1.36 bits per heavy atom. The third-order valence-corrected chi connectivity index (χ3v) is 2.30. The standard InChI is InChI=1S/C10H9ClN2O/c1-7-6-13(12-10(7)14)9-4-2-8(11)3-5-9/h2-5H,1,6H2,(H,12,14). The molecule has 1 fully saturated rings. The van der Waals surface area contributed by atoms with E-state index in [4.69, 9.17) is 11.6 Å². The minimum Gasteiger partial charge on any atom is -0.281 e. The molecule has 1 N–H and O–H groups in total. The van der Waals surface area contributed by atoms with E-state index in [0.717, 1.165) is 5.69 Å². The highest BCUT2D eigenvalue weighted by atomic mass is 35.5. The van der Waals surface area contributed by atoms with Gasteiger partial charge in [-0.1, -0.05) is 18.2 Å². The molecule has 1 aromatic rings. The molecule has 0 aliphatic carbocycles. The van der Waals surface area contributed by atoms with Gasteiger partial charge >= 0.3 is 0 Å². The fraction of sp³-hybridized carbons (Fsp3) is 0.100. The molecule has 2 rings (SSSR count). The molecule has 0 atom stereocenters. The molecule has 0 radical (unpaired) electrons. The maximum absolute atomic E-state index is 11.1. The van der Waals surface area contributed by atoms with E-state index in [1.54, 1.807) is 17.1 Å². The van der Waals surface area contributed by atoms with E-state index >= 15 is 0 Å². The number of anilines is 1. The number of carbonyl (C=O) groups excluding carboxylic acids is 1. The second-order valence-corrected chi connectivity index (χ2v) is 3.54. The van der Waals surface area contributed by atoms with Crippen LogP contribution in [0.25, 0.3) is 0 Å². The van der Waals surface area contributed by atoms with Crippen LogP contribution in [0.3, 0.4) is 0 Å². The van der Waals surface area contributed by atoms with Crippen LogP contribution in [0.4, 0.5) is 5.69 Å². The molecule has 0 aromatic heterocycles. The Morgan fingerprint density at radius 2 is 2.00 bits per heavy atom. The number of hydrogen-bond acceptors (Lipinski definition) is 2. The molecule has 72 valence electrons. The summed E-state index contributed by atoms with van der Waals surface area (Å²) < 4.78 is 0. The summed E-state index contributed by atoms with van der Waals surface area (Å²) in [6.45, 7) is 4.16. The molecule has 1 aliphatic rings. The minimum absolute atomic E-state index is 0.125. The summed E-state index contributed by atoms with van der Waals surface area (Å²) in [7, 11) is 0. The van der Waals surface area contributed by atoms with Gasteiger partial charge in [-0.3, -0.25) is 15.2 Å². The van der Waals surface area contributed by atoms with Gasteiger partial charge in [-0.15, -0.1) is 0 Å². The van der Waals surface area contributed by atoms with E-state index in [1.807, 2.05) is 12.1 Å². The van der Waals surface area contributed by atoms with Gasteiger partial charge in [0.2, 0.25) is 0 Å². The van der Waals surface area contributed by atoms with Crippen molar-refractivity contribution in [2.45, 2.75) is 0 Å². The summed E-state index contributed by atoms with van der Waals surface area (Å²) >= 11 is 5.75. The Hall–Kier alpha value is -1.48. The molecule has 0 saturated carbocycles. The lowest BCUT2D eigenvalue weighted by atomic mass is 10.3. The summed E-state index contributed by atoms with van der Waals surface area (Å²) in [5, 5.41) is 2.42. The van der Waals surface area contributed by atoms with E-state index in [9.17, 15) is 4.79 Å². The second kappa shape index (κ2) is 3.35. The first kappa shape index (κ1) is 9.09. The van der Waals surface area contributed by atoms with Crippen molar-refractivity contribution in [3.8, 4) is 0 Å². The molecule has 4 heteroatoms. The van der Waals surface area contributed by atoms with E-state index in [2.05, 4.69) is 12.0 Å². The van der Waals surface area contributed by atoms with Gasteiger partial charge in [-0.2, -0.15) is 0 Å². The van der Waals surface area contributed by atoms with Crippen LogP contribution < -0.4 is 10.4 Å². The molecule has 1 aliphatic heterocycles. The Kier molecular flexibility index (Phi) is 2.17. The summed E-state index contributed by atoms with van der Waals surface area (Å²) in [5.41, 5.74) is 4.16. The van der Waals surface area contributed by atoms with Gasteiger partial charge in [0, 0.05) is 10.6 Å². The number of benzene rings is 1. The zero-order chi connectivity index (χ0) is 10.1. The fourth-order valence-electron chi connectivity index (χ4n) is 1.28. The van der Waals surface area contributed by atoms with Gasteiger partial charge in [0.05, 0.1) is 12.2 Å². The monoisotopic (exact) mass is 208 g/mol. The molecule has 1 amide bonds. The van der Waals surface area contributed by atoms with Gasteiger partial charge in [0.1, 0.15) is 0 Å². The minimum atomic E-state index is -0.125. The lowest BCUT2D eigenvalue weighted by molar-refractivity contribution is -0.116. The number of rotatable bonds is 1. The largest absolute Gasteiger partial charge is 0.281 e. The molecule has 1 saturated heterocycles. The number of hydrazine groups is 1. The van der Waals surface area contributed by atoms with E-state index < -0.39 is 0 Å². The van der Waals surface area contributed by atoms with Crippen LogP contribution in [0.5, 0.6) is 0 Å². The van der Waals surface area contributed by atoms with Crippen molar-refractivity contribution in [1.29, 1.82) is 0 Å². The number of hydrogen-bond donors (Lipinski definition) is 1. The summed E-state index contributed by atoms with van der Waals surface area (Å²) in [4.78, 5) is 11.1. The molecular weight excluding hydrogens is 200 g/mol. The molecule has 1 heterocycles. The second-order valence-electron chi connectivity index (χ2n) is 3.11. The lowest BCUT2D eigenvalue weighted by Crippen LogP contribution is -2.32. The van der Waals surface area contributed by atoms with Crippen LogP contribution >= 0.6 is 11.6 Å². The molecule has 0 spiro atoms. The van der Waals surface area contributed by atoms with Gasteiger partial charge in [0.15, 0.2) is 0 Å². The number of amides is 1. The topological polar surface area (TPSA) is 32.3 Å². The van der Waals surface area contributed by atoms with Crippen molar-refractivity contribution >= 4 is 23.2 Å². The van der Waals surface area contributed by atoms with Crippen molar-refractivity contribution in [3.05, 3.63) is 41.4 Å². The molecular formula is C10H9ClN2O. The zero-order valence-corrected chi connectivity index (χ0v) is 8.21. The van der Waals surface area contributed by atoms with Crippen LogP contribution in [0.2, 0.25) is 5.02 Å². The first-order valence-electron chi connectivity index (χ1n) is 4.19. The first-order chi connectivity index (χ1) is 6.66. The highest BCUT2D eigenvalue weighted by Gasteiger charge is 2.22. The Labute approximate surface area is 86.9 Å². The number of carbonyl (C=O) groups is 1. The van der Waals surface area contributed by atoms with E-state index in [0.29, 0.717) is 17.1 Å². The van der Waals surface area contributed by atoms with Crippen LogP contribution in [-0.2, 0) is 4.79 Å². The first-order valence-corrected chi connectivity index (χ1v) is 4.56. The summed E-state index contributed by atoms with van der Waals surface area (Å²) in [5.74, 6) is -0.125. The predicted octanol–water partition coefficient (Wildman–Crippen LogP) is 1.75. The van der Waals surface area contributed by atoms with Crippen LogP contribution in [0.1, 0.15) is 0 Å². The molecule has 0 bridgehead atoms. The van der Waals surface area contributed by atoms with Crippen molar-refractivity contribution in [2.24, 2.45) is 0 Å². The Morgan fingerprint density at radius 3 is 2.50 bits per heavy atom. The van der Waals surface area contributed by atoms with Gasteiger partial charge < -0.3 is 0 Å². The zero-order valence-electron chi connectivity index (χ0n) is 7.46. The molecule has 1 aromatic carbocycles. The van der Waals surface area contributed by atoms with E-state index in [-0.39, 0.29) is 5.91 Å². The normalized spacial score (nSPS) is 15.9. The van der Waals surface area contributed by atoms with Gasteiger partial charge in [-0.05, 0) is 24.3 Å². The quantitative estimate of drug-likeness (QED) is 0.714. The third-order valence-electron chi connectivity index (χ3n) is 2.04. The number of nitrogens with zero attached hydrogens (tertiary/aromatic N) is 1. The molecule has 14 heavy (non-hydrogen) atoms. The maximum atomic E-state index is 11.1. The van der Waals surface area contributed by atoms with Crippen molar-refractivity contribution in [2.75, 3.05) is 11.6 Å². The summed E-state index contributed by atoms with van der Waals surface area (Å²) in [6.07, 6.45) is 0. The highest BCUT2D eigenvalue weighted by Crippen LogP contribution is 2.19. The Balaban J connectivity index is 2.21. The predicted molar refractivity (Wildman–Crippen MR) is 56.1 cm³/mol. The number of nitrogens with one attached hydrogen (secondary N) is 1. The van der Waals surface area contributed by atoms with Gasteiger partial charge in [0.25, 0.3) is 5.91 Å². The van der Waals surface area contributed by atoms with Crippen molar-refractivity contribution < 1.29 is 4.79 Å². The third kappa shape index (κ3) is 1.59. The molecule has 0 unspecified atom stereocenters. The van der Waals surface area contributed by atoms with Crippen LogP contribution in [-0.4, -0.2) is 12.5 Å². The van der Waals surface area contributed by atoms with Gasteiger partial charge in [-0.25, -0.2) is 0 Å². The van der Waals surface area contributed by atoms with Crippen molar-refractivity contribution in [3.63, 3.8) is 0 Å². The maximum Gasteiger partial charge on any atom is 0.267 e. The van der Waals surface area contributed by atoms with Crippen molar-refractivity contribution in [1.82, 2.24) is 5.43 Å². The SMILES string of the molecule is C=C1CN(c2ccc(Cl)cc2)NC1=O. The van der Waals surface area contributed by atoms with Crippen LogP contribution in [0, 0.1) is 0 Å².